The number of carbonyl (C=O) groups excluding carboxylic acids is 1. The van der Waals surface area contributed by atoms with Crippen molar-refractivity contribution in [1.82, 2.24) is 4.90 Å². The molecule has 2 atom stereocenters. The number of rotatable bonds is 1. The zero-order valence-corrected chi connectivity index (χ0v) is 9.76. The van der Waals surface area contributed by atoms with Crippen molar-refractivity contribution in [2.45, 2.75) is 12.2 Å². The van der Waals surface area contributed by atoms with Gasteiger partial charge < -0.3 is 20.8 Å². The number of aliphatic hydroxyl groups excluding tert-OH is 2. The summed E-state index contributed by atoms with van der Waals surface area (Å²) in [6.45, 7) is 0.206. The Labute approximate surface area is 103 Å². The van der Waals surface area contributed by atoms with E-state index in [1.165, 1.54) is 4.90 Å². The summed E-state index contributed by atoms with van der Waals surface area (Å²) in [5.41, 5.74) is 6.22. The number of nitrogens with zero attached hydrogens (tertiary/aromatic N) is 1. The average molecular weight is 257 g/mol. The minimum Gasteiger partial charge on any atom is -0.397 e. The Morgan fingerprint density at radius 3 is 2.53 bits per heavy atom. The van der Waals surface area contributed by atoms with Crippen LogP contribution < -0.4 is 5.73 Å². The van der Waals surface area contributed by atoms with E-state index in [0.717, 1.165) is 0 Å². The lowest BCUT2D eigenvalue weighted by molar-refractivity contribution is 0.0572. The first-order chi connectivity index (χ1) is 8.00. The van der Waals surface area contributed by atoms with E-state index in [0.29, 0.717) is 10.6 Å². The van der Waals surface area contributed by atoms with Crippen molar-refractivity contribution in [3.8, 4) is 0 Å². The Hall–Kier alpha value is -1.30. The molecule has 1 aromatic rings. The number of halogens is 1. The van der Waals surface area contributed by atoms with Crippen molar-refractivity contribution in [3.63, 3.8) is 0 Å². The number of β-amino-alcohol motifs (C(OH)–C–C–N with tert-alkyl or cyclic N) is 2. The highest BCUT2D eigenvalue weighted by atomic mass is 35.5. The van der Waals surface area contributed by atoms with Crippen LogP contribution in [0.15, 0.2) is 18.2 Å². The molecule has 0 unspecified atom stereocenters. The topological polar surface area (TPSA) is 86.8 Å². The first-order valence-electron chi connectivity index (χ1n) is 5.20. The van der Waals surface area contributed by atoms with Gasteiger partial charge in [-0.1, -0.05) is 17.7 Å². The van der Waals surface area contributed by atoms with Crippen molar-refractivity contribution in [2.24, 2.45) is 0 Å². The van der Waals surface area contributed by atoms with Gasteiger partial charge in [-0.2, -0.15) is 0 Å². The average Bonchev–Trinajstić information content (AvgIpc) is 2.62. The second kappa shape index (κ2) is 4.52. The van der Waals surface area contributed by atoms with Gasteiger partial charge in [-0.15, -0.1) is 0 Å². The molecule has 0 spiro atoms. The smallest absolute Gasteiger partial charge is 0.256 e. The maximum absolute atomic E-state index is 12.1. The third-order valence-electron chi connectivity index (χ3n) is 2.83. The van der Waals surface area contributed by atoms with Gasteiger partial charge in [-0.05, 0) is 12.1 Å². The fourth-order valence-electron chi connectivity index (χ4n) is 1.83. The largest absolute Gasteiger partial charge is 0.397 e. The fourth-order valence-corrected chi connectivity index (χ4v) is 2.00. The zero-order chi connectivity index (χ0) is 12.6. The van der Waals surface area contributed by atoms with Crippen LogP contribution in [-0.4, -0.2) is 46.3 Å². The van der Waals surface area contributed by atoms with E-state index in [9.17, 15) is 15.0 Å². The van der Waals surface area contributed by atoms with Gasteiger partial charge in [0.1, 0.15) is 0 Å². The normalized spacial score (nSPS) is 24.1. The Kier molecular flexibility index (Phi) is 3.24. The van der Waals surface area contributed by atoms with Gasteiger partial charge in [0.05, 0.1) is 28.5 Å². The van der Waals surface area contributed by atoms with Crippen LogP contribution in [0.4, 0.5) is 5.69 Å². The molecule has 0 aliphatic carbocycles. The second-order valence-electron chi connectivity index (χ2n) is 4.05. The molecule has 1 aromatic carbocycles. The van der Waals surface area contributed by atoms with Gasteiger partial charge in [-0.3, -0.25) is 4.79 Å². The number of para-hydroxylation sites is 1. The highest BCUT2D eigenvalue weighted by Gasteiger charge is 2.33. The van der Waals surface area contributed by atoms with Crippen LogP contribution >= 0.6 is 11.6 Å². The molecule has 0 bridgehead atoms. The van der Waals surface area contributed by atoms with Crippen molar-refractivity contribution >= 4 is 23.2 Å². The van der Waals surface area contributed by atoms with Crippen LogP contribution in [0.2, 0.25) is 5.02 Å². The molecule has 0 saturated carbocycles. The monoisotopic (exact) mass is 256 g/mol. The molecule has 5 nitrogen and oxygen atoms in total. The van der Waals surface area contributed by atoms with Gasteiger partial charge in [0.2, 0.25) is 0 Å². The first-order valence-corrected chi connectivity index (χ1v) is 5.58. The number of nitrogen functional groups attached to an aromatic ring is 1. The molecule has 4 N–H and O–H groups in total. The zero-order valence-electron chi connectivity index (χ0n) is 9.01. The van der Waals surface area contributed by atoms with Gasteiger partial charge in [-0.25, -0.2) is 0 Å². The molecule has 1 saturated heterocycles. The molecule has 1 aliphatic rings. The number of amides is 1. The van der Waals surface area contributed by atoms with E-state index in [4.69, 9.17) is 17.3 Å². The van der Waals surface area contributed by atoms with E-state index < -0.39 is 12.2 Å². The molecule has 1 fully saturated rings. The van der Waals surface area contributed by atoms with Crippen molar-refractivity contribution in [1.29, 1.82) is 0 Å². The summed E-state index contributed by atoms with van der Waals surface area (Å²) >= 11 is 5.83. The summed E-state index contributed by atoms with van der Waals surface area (Å²) in [4.78, 5) is 13.4. The van der Waals surface area contributed by atoms with Crippen LogP contribution in [-0.2, 0) is 0 Å². The number of hydrogen-bond donors (Lipinski definition) is 3. The number of carbonyl (C=O) groups is 1. The number of hydrogen-bond acceptors (Lipinski definition) is 4. The molecular weight excluding hydrogens is 244 g/mol. The lowest BCUT2D eigenvalue weighted by atomic mass is 10.1. The van der Waals surface area contributed by atoms with Gasteiger partial charge in [0.15, 0.2) is 0 Å². The lowest BCUT2D eigenvalue weighted by Crippen LogP contribution is -2.30. The Morgan fingerprint density at radius 1 is 1.35 bits per heavy atom. The second-order valence-corrected chi connectivity index (χ2v) is 4.45. The molecule has 92 valence electrons. The highest BCUT2D eigenvalue weighted by Crippen LogP contribution is 2.24. The molecular formula is C11H13ClN2O3. The molecule has 0 radical (unpaired) electrons. The van der Waals surface area contributed by atoms with E-state index in [1.807, 2.05) is 0 Å². The number of anilines is 1. The van der Waals surface area contributed by atoms with Crippen LogP contribution in [0.3, 0.4) is 0 Å². The lowest BCUT2D eigenvalue weighted by Gasteiger charge is -2.16. The first kappa shape index (κ1) is 12.2. The minimum atomic E-state index is -0.903. The van der Waals surface area contributed by atoms with Gasteiger partial charge in [0, 0.05) is 13.1 Å². The number of nitrogens with two attached hydrogens (primary N) is 1. The minimum absolute atomic E-state index is 0.103. The van der Waals surface area contributed by atoms with Crippen LogP contribution in [0, 0.1) is 0 Å². The van der Waals surface area contributed by atoms with E-state index in [-0.39, 0.29) is 24.7 Å². The molecule has 0 aromatic heterocycles. The molecule has 6 heteroatoms. The van der Waals surface area contributed by atoms with E-state index >= 15 is 0 Å². The number of aliphatic hydroxyl groups is 2. The third-order valence-corrected chi connectivity index (χ3v) is 3.16. The highest BCUT2D eigenvalue weighted by molar-refractivity contribution is 6.33. The summed E-state index contributed by atoms with van der Waals surface area (Å²) in [6, 6.07) is 4.80. The van der Waals surface area contributed by atoms with Crippen LogP contribution in [0.25, 0.3) is 0 Å². The van der Waals surface area contributed by atoms with Gasteiger partial charge >= 0.3 is 0 Å². The van der Waals surface area contributed by atoms with Crippen molar-refractivity contribution in [2.75, 3.05) is 18.8 Å². The van der Waals surface area contributed by atoms with Crippen LogP contribution in [0.5, 0.6) is 0 Å². The third kappa shape index (κ3) is 2.22. The van der Waals surface area contributed by atoms with E-state index in [1.54, 1.807) is 18.2 Å². The number of likely N-dealkylation sites (tertiary alicyclic amines) is 1. The summed E-state index contributed by atoms with van der Waals surface area (Å²) in [7, 11) is 0. The quantitative estimate of drug-likeness (QED) is 0.622. The Bertz CT molecular complexity index is 442. The van der Waals surface area contributed by atoms with Crippen molar-refractivity contribution < 1.29 is 15.0 Å². The maximum atomic E-state index is 12.1. The molecule has 1 amide bonds. The molecule has 1 heterocycles. The predicted octanol–water partition coefficient (Wildman–Crippen LogP) is 0.0998. The predicted molar refractivity (Wildman–Crippen MR) is 63.8 cm³/mol. The van der Waals surface area contributed by atoms with E-state index in [2.05, 4.69) is 0 Å². The fraction of sp³-hybridized carbons (Fsp3) is 0.364. The number of benzene rings is 1. The van der Waals surface area contributed by atoms with Gasteiger partial charge in [0.25, 0.3) is 5.91 Å². The Morgan fingerprint density at radius 2 is 1.94 bits per heavy atom. The molecule has 1 aliphatic heterocycles. The summed E-state index contributed by atoms with van der Waals surface area (Å²) in [6.07, 6.45) is -1.81. The molecule has 2 rings (SSSR count). The Balaban J connectivity index is 2.24. The maximum Gasteiger partial charge on any atom is 0.256 e. The summed E-state index contributed by atoms with van der Waals surface area (Å²) in [5, 5.41) is 19.1. The molecule has 17 heavy (non-hydrogen) atoms. The SMILES string of the molecule is Nc1c(Cl)cccc1C(=O)N1C[C@@H](O)[C@@H](O)C1. The standard InChI is InChI=1S/C11H13ClN2O3/c12-7-3-1-2-6(10(7)13)11(17)14-4-8(15)9(16)5-14/h1-3,8-9,15-16H,4-5,13H2/t8-,9+. The van der Waals surface area contributed by atoms with Crippen LogP contribution in [0.1, 0.15) is 10.4 Å². The summed E-state index contributed by atoms with van der Waals surface area (Å²) < 4.78 is 0. The summed E-state index contributed by atoms with van der Waals surface area (Å²) in [5.74, 6) is -0.333. The van der Waals surface area contributed by atoms with Crippen molar-refractivity contribution in [3.05, 3.63) is 28.8 Å².